The summed E-state index contributed by atoms with van der Waals surface area (Å²) < 4.78 is 0. The van der Waals surface area contributed by atoms with Gasteiger partial charge in [-0.05, 0) is 44.2 Å². The molecule has 0 saturated carbocycles. The van der Waals surface area contributed by atoms with E-state index in [4.69, 9.17) is 0 Å². The molecule has 1 aliphatic carbocycles. The molecule has 3 rings (SSSR count). The van der Waals surface area contributed by atoms with Crippen molar-refractivity contribution in [2.24, 2.45) is 5.92 Å². The Hall–Kier alpha value is -2.28. The fourth-order valence-corrected chi connectivity index (χ4v) is 3.93. The summed E-state index contributed by atoms with van der Waals surface area (Å²) in [6, 6.07) is 4.36. The molecule has 0 saturated heterocycles. The molecule has 1 N–H and O–H groups in total. The number of aryl methyl sites for hydroxylation is 2. The highest BCUT2D eigenvalue weighted by Crippen LogP contribution is 2.32. The number of thiazole rings is 1. The normalized spacial score (nSPS) is 16.7. The molecule has 1 aromatic heterocycles. The van der Waals surface area contributed by atoms with E-state index in [2.05, 4.69) is 17.2 Å². The second-order valence-electron chi connectivity index (χ2n) is 5.95. The predicted molar refractivity (Wildman–Crippen MR) is 89.1 cm³/mol. The van der Waals surface area contributed by atoms with Crippen molar-refractivity contribution in [1.29, 1.82) is 0 Å². The van der Waals surface area contributed by atoms with Crippen molar-refractivity contribution in [3.8, 4) is 0 Å². The van der Waals surface area contributed by atoms with Crippen LogP contribution in [0.15, 0.2) is 18.2 Å². The first-order valence-electron chi connectivity index (χ1n) is 7.49. The lowest BCUT2D eigenvalue weighted by atomic mass is 9.93. The number of aromatic nitrogens is 1. The number of anilines is 1. The Bertz CT molecular complexity index is 785. The maximum Gasteiger partial charge on any atom is 0.272 e. The lowest BCUT2D eigenvalue weighted by Crippen LogP contribution is -2.12. The molecule has 7 heteroatoms. The topological polar surface area (TPSA) is 85.1 Å². The van der Waals surface area contributed by atoms with Crippen molar-refractivity contribution in [2.75, 3.05) is 5.32 Å². The number of rotatable bonds is 3. The van der Waals surface area contributed by atoms with Gasteiger partial charge in [-0.2, -0.15) is 0 Å². The van der Waals surface area contributed by atoms with E-state index in [9.17, 15) is 14.9 Å². The zero-order valence-corrected chi connectivity index (χ0v) is 13.8. The van der Waals surface area contributed by atoms with Gasteiger partial charge < -0.3 is 0 Å². The molecule has 23 heavy (non-hydrogen) atoms. The van der Waals surface area contributed by atoms with Gasteiger partial charge in [0.05, 0.1) is 10.6 Å². The highest BCUT2D eigenvalue weighted by molar-refractivity contribution is 7.15. The zero-order valence-electron chi connectivity index (χ0n) is 13.0. The fourth-order valence-electron chi connectivity index (χ4n) is 2.76. The first-order valence-corrected chi connectivity index (χ1v) is 8.30. The predicted octanol–water partition coefficient (Wildman–Crippen LogP) is 3.74. The van der Waals surface area contributed by atoms with Crippen molar-refractivity contribution in [3.63, 3.8) is 0 Å². The Balaban J connectivity index is 1.77. The number of amides is 1. The molecule has 0 fully saturated rings. The van der Waals surface area contributed by atoms with Gasteiger partial charge in [0, 0.05) is 22.1 Å². The van der Waals surface area contributed by atoms with Crippen molar-refractivity contribution in [2.45, 2.75) is 33.1 Å². The average Bonchev–Trinajstić information content (AvgIpc) is 2.87. The van der Waals surface area contributed by atoms with E-state index in [0.717, 1.165) is 25.0 Å². The number of nitro groups is 1. The van der Waals surface area contributed by atoms with Crippen LogP contribution in [-0.2, 0) is 12.8 Å². The molecular formula is C16H17N3O3S. The van der Waals surface area contributed by atoms with E-state index in [1.54, 1.807) is 6.92 Å². The molecular weight excluding hydrogens is 314 g/mol. The number of nitrogens with one attached hydrogen (secondary N) is 1. The van der Waals surface area contributed by atoms with Crippen LogP contribution < -0.4 is 5.32 Å². The number of hydrogen-bond donors (Lipinski definition) is 1. The Morgan fingerprint density at radius 2 is 2.26 bits per heavy atom. The molecule has 2 aromatic rings. The Labute approximate surface area is 137 Å². The van der Waals surface area contributed by atoms with Crippen LogP contribution in [-0.4, -0.2) is 15.8 Å². The van der Waals surface area contributed by atoms with Gasteiger partial charge in [0.1, 0.15) is 0 Å². The van der Waals surface area contributed by atoms with Gasteiger partial charge in [0.15, 0.2) is 5.13 Å². The van der Waals surface area contributed by atoms with Crippen molar-refractivity contribution in [3.05, 3.63) is 50.0 Å². The van der Waals surface area contributed by atoms with Crippen LogP contribution in [0.4, 0.5) is 10.8 Å². The number of nitro benzene ring substituents is 1. The van der Waals surface area contributed by atoms with E-state index in [1.165, 1.54) is 34.4 Å². The van der Waals surface area contributed by atoms with Crippen molar-refractivity contribution >= 4 is 28.1 Å². The SMILES string of the molecule is Cc1cc(C(=O)Nc2nc3c(s2)C[C@H](C)CC3)ccc1[N+](=O)[O-]. The molecule has 0 unspecified atom stereocenters. The van der Waals surface area contributed by atoms with E-state index >= 15 is 0 Å². The van der Waals surface area contributed by atoms with E-state index in [0.29, 0.717) is 22.2 Å². The van der Waals surface area contributed by atoms with Gasteiger partial charge in [0.25, 0.3) is 11.6 Å². The maximum atomic E-state index is 12.3. The minimum absolute atomic E-state index is 0.0141. The zero-order chi connectivity index (χ0) is 16.6. The molecule has 120 valence electrons. The van der Waals surface area contributed by atoms with Gasteiger partial charge in [-0.1, -0.05) is 6.92 Å². The molecule has 0 aliphatic heterocycles. The van der Waals surface area contributed by atoms with Gasteiger partial charge >= 0.3 is 0 Å². The minimum Gasteiger partial charge on any atom is -0.298 e. The summed E-state index contributed by atoms with van der Waals surface area (Å²) in [5.74, 6) is 0.367. The number of benzene rings is 1. The van der Waals surface area contributed by atoms with Crippen LogP contribution in [0, 0.1) is 23.0 Å². The third-order valence-electron chi connectivity index (χ3n) is 4.06. The molecule has 6 nitrogen and oxygen atoms in total. The first-order chi connectivity index (χ1) is 10.9. The van der Waals surface area contributed by atoms with E-state index in [-0.39, 0.29) is 11.6 Å². The quantitative estimate of drug-likeness (QED) is 0.686. The summed E-state index contributed by atoms with van der Waals surface area (Å²) in [6.45, 7) is 3.85. The van der Waals surface area contributed by atoms with Gasteiger partial charge in [0.2, 0.25) is 0 Å². The Morgan fingerprint density at radius 1 is 1.48 bits per heavy atom. The molecule has 1 aliphatic rings. The number of nitrogens with zero attached hydrogens (tertiary/aromatic N) is 2. The largest absolute Gasteiger partial charge is 0.298 e. The highest BCUT2D eigenvalue weighted by atomic mass is 32.1. The van der Waals surface area contributed by atoms with Crippen molar-refractivity contribution < 1.29 is 9.72 Å². The van der Waals surface area contributed by atoms with Gasteiger partial charge in [-0.25, -0.2) is 4.98 Å². The molecule has 1 amide bonds. The average molecular weight is 331 g/mol. The smallest absolute Gasteiger partial charge is 0.272 e. The fraction of sp³-hybridized carbons (Fsp3) is 0.375. The number of carbonyl (C=O) groups is 1. The summed E-state index contributed by atoms with van der Waals surface area (Å²) in [7, 11) is 0. The van der Waals surface area contributed by atoms with Crippen molar-refractivity contribution in [1.82, 2.24) is 4.98 Å². The third kappa shape index (κ3) is 3.24. The molecule has 0 bridgehead atoms. The van der Waals surface area contributed by atoms with Crippen LogP contribution in [0.5, 0.6) is 0 Å². The summed E-state index contributed by atoms with van der Waals surface area (Å²) in [6.07, 6.45) is 3.10. The second-order valence-corrected chi connectivity index (χ2v) is 7.03. The van der Waals surface area contributed by atoms with E-state index < -0.39 is 4.92 Å². The standard InChI is InChI=1S/C16H17N3O3S/c1-9-3-5-12-14(7-9)23-16(17-12)18-15(20)11-4-6-13(19(21)22)10(2)8-11/h4,6,8-9H,3,5,7H2,1-2H3,(H,17,18,20)/t9-/m1/s1. The summed E-state index contributed by atoms with van der Waals surface area (Å²) in [5, 5.41) is 14.2. The summed E-state index contributed by atoms with van der Waals surface area (Å²) >= 11 is 1.52. The molecule has 0 radical (unpaired) electrons. The van der Waals surface area contributed by atoms with Crippen LogP contribution in [0.25, 0.3) is 0 Å². The Morgan fingerprint density at radius 3 is 2.96 bits per heavy atom. The molecule has 0 spiro atoms. The lowest BCUT2D eigenvalue weighted by molar-refractivity contribution is -0.385. The summed E-state index contributed by atoms with van der Waals surface area (Å²) in [5.41, 5.74) is 1.97. The minimum atomic E-state index is -0.451. The second kappa shape index (κ2) is 6.08. The van der Waals surface area contributed by atoms with E-state index in [1.807, 2.05) is 0 Å². The molecule has 1 heterocycles. The number of carbonyl (C=O) groups excluding carboxylic acids is 1. The van der Waals surface area contributed by atoms with Crippen LogP contribution in [0.3, 0.4) is 0 Å². The summed E-state index contributed by atoms with van der Waals surface area (Å²) in [4.78, 5) is 28.4. The lowest BCUT2D eigenvalue weighted by Gasteiger charge is -2.15. The molecule has 1 aromatic carbocycles. The first kappa shape index (κ1) is 15.6. The van der Waals surface area contributed by atoms with Gasteiger partial charge in [-0.3, -0.25) is 20.2 Å². The third-order valence-corrected chi connectivity index (χ3v) is 5.10. The van der Waals surface area contributed by atoms with Crippen LogP contribution in [0.1, 0.15) is 39.8 Å². The maximum absolute atomic E-state index is 12.3. The van der Waals surface area contributed by atoms with Crippen LogP contribution in [0.2, 0.25) is 0 Å². The monoisotopic (exact) mass is 331 g/mol. The Kier molecular flexibility index (Phi) is 4.12. The highest BCUT2D eigenvalue weighted by Gasteiger charge is 2.21. The number of hydrogen-bond acceptors (Lipinski definition) is 5. The van der Waals surface area contributed by atoms with Gasteiger partial charge in [-0.15, -0.1) is 11.3 Å². The van der Waals surface area contributed by atoms with Crippen LogP contribution >= 0.6 is 11.3 Å². The molecule has 1 atom stereocenters. The number of fused-ring (bicyclic) bond motifs is 1.